The number of hydrogen-bond donors (Lipinski definition) is 0. The van der Waals surface area contributed by atoms with Crippen molar-refractivity contribution in [2.75, 3.05) is 7.11 Å². The molecule has 1 atom stereocenters. The lowest BCUT2D eigenvalue weighted by Gasteiger charge is -2.12. The number of hydrogen-bond acceptors (Lipinski definition) is 5. The lowest BCUT2D eigenvalue weighted by atomic mass is 10.2. The highest BCUT2D eigenvalue weighted by molar-refractivity contribution is 5.70. The van der Waals surface area contributed by atoms with E-state index < -0.39 is 6.16 Å². The van der Waals surface area contributed by atoms with Crippen LogP contribution in [0.2, 0.25) is 0 Å². The number of carbonyl (C=O) groups excluding carboxylic acids is 2. The van der Waals surface area contributed by atoms with Gasteiger partial charge in [0.25, 0.3) is 0 Å². The molecular formula is C12H18O5. The van der Waals surface area contributed by atoms with E-state index in [0.29, 0.717) is 12.8 Å². The minimum Gasteiger partial charge on any atom is -0.469 e. The summed E-state index contributed by atoms with van der Waals surface area (Å²) < 4.78 is 13.9. The maximum atomic E-state index is 11.0. The number of rotatable bonds is 7. The summed E-state index contributed by atoms with van der Waals surface area (Å²) in [6.45, 7) is 5.14. The first-order valence-corrected chi connectivity index (χ1v) is 5.34. The van der Waals surface area contributed by atoms with Crippen molar-refractivity contribution in [1.82, 2.24) is 0 Å². The molecule has 0 aliphatic heterocycles. The molecule has 0 amide bonds. The average Bonchev–Trinajstić information content (AvgIpc) is 2.32. The van der Waals surface area contributed by atoms with Crippen LogP contribution in [-0.4, -0.2) is 25.3 Å². The summed E-state index contributed by atoms with van der Waals surface area (Å²) in [5.41, 5.74) is 0. The van der Waals surface area contributed by atoms with Gasteiger partial charge in [-0.25, -0.2) is 4.79 Å². The highest BCUT2D eigenvalue weighted by Crippen LogP contribution is 2.06. The first-order valence-electron chi connectivity index (χ1n) is 5.34. The molecule has 5 heteroatoms. The van der Waals surface area contributed by atoms with E-state index in [1.165, 1.54) is 7.11 Å². The Morgan fingerprint density at radius 2 is 2.06 bits per heavy atom. The first kappa shape index (κ1) is 15.2. The normalized spacial score (nSPS) is 11.9. The monoisotopic (exact) mass is 242 g/mol. The van der Waals surface area contributed by atoms with E-state index >= 15 is 0 Å². The fourth-order valence-corrected chi connectivity index (χ4v) is 1.04. The smallest absolute Gasteiger partial charge is 0.469 e. The minimum absolute atomic E-state index is 0.212. The molecule has 0 radical (unpaired) electrons. The zero-order valence-corrected chi connectivity index (χ0v) is 10.2. The lowest BCUT2D eigenvalue weighted by molar-refractivity contribution is -0.139. The predicted octanol–water partition coefficient (Wildman–Crippen LogP) is 2.57. The molecule has 96 valence electrons. The van der Waals surface area contributed by atoms with E-state index in [9.17, 15) is 9.59 Å². The second-order valence-corrected chi connectivity index (χ2v) is 3.17. The number of ether oxygens (including phenoxy) is 3. The summed E-state index contributed by atoms with van der Waals surface area (Å²) in [6.07, 6.45) is 4.83. The molecule has 0 heterocycles. The van der Waals surface area contributed by atoms with Crippen molar-refractivity contribution in [2.45, 2.75) is 32.3 Å². The van der Waals surface area contributed by atoms with Crippen LogP contribution in [0, 0.1) is 0 Å². The molecule has 5 nitrogen and oxygen atoms in total. The van der Waals surface area contributed by atoms with Crippen molar-refractivity contribution in [3.63, 3.8) is 0 Å². The minimum atomic E-state index is -0.770. The Hall–Kier alpha value is -1.78. The molecule has 0 aliphatic carbocycles. The van der Waals surface area contributed by atoms with E-state index in [2.05, 4.69) is 16.1 Å². The number of esters is 1. The molecule has 0 aromatic rings. The zero-order valence-electron chi connectivity index (χ0n) is 10.2. The topological polar surface area (TPSA) is 61.8 Å². The summed E-state index contributed by atoms with van der Waals surface area (Å²) in [5, 5.41) is 0. The van der Waals surface area contributed by atoms with Crippen LogP contribution >= 0.6 is 0 Å². The fourth-order valence-electron chi connectivity index (χ4n) is 1.04. The summed E-state index contributed by atoms with van der Waals surface area (Å²) in [6, 6.07) is 0. The Kier molecular flexibility index (Phi) is 8.46. The van der Waals surface area contributed by atoms with Crippen LogP contribution in [0.1, 0.15) is 26.2 Å². The molecule has 0 aromatic carbocycles. The van der Waals surface area contributed by atoms with Gasteiger partial charge in [-0.15, -0.1) is 0 Å². The second-order valence-electron chi connectivity index (χ2n) is 3.17. The zero-order chi connectivity index (χ0) is 13.1. The van der Waals surface area contributed by atoms with Crippen LogP contribution in [0.3, 0.4) is 0 Å². The Balaban J connectivity index is 3.92. The van der Waals surface area contributed by atoms with E-state index in [1.54, 1.807) is 12.2 Å². The van der Waals surface area contributed by atoms with Gasteiger partial charge in [0.2, 0.25) is 0 Å². The Labute approximate surface area is 101 Å². The fraction of sp³-hybridized carbons (Fsp3) is 0.500. The molecule has 0 fully saturated rings. The summed E-state index contributed by atoms with van der Waals surface area (Å²) >= 11 is 0. The molecule has 17 heavy (non-hydrogen) atoms. The van der Waals surface area contributed by atoms with Crippen LogP contribution in [0.15, 0.2) is 25.0 Å². The van der Waals surface area contributed by atoms with Crippen molar-refractivity contribution in [2.24, 2.45) is 0 Å². The van der Waals surface area contributed by atoms with Crippen molar-refractivity contribution < 1.29 is 23.8 Å². The summed E-state index contributed by atoms with van der Waals surface area (Å²) in [5.74, 6) is -0.304. The molecule has 0 aromatic heterocycles. The molecule has 0 saturated carbocycles. The van der Waals surface area contributed by atoms with Gasteiger partial charge in [0.15, 0.2) is 0 Å². The van der Waals surface area contributed by atoms with Crippen LogP contribution in [0.5, 0.6) is 0 Å². The summed E-state index contributed by atoms with van der Waals surface area (Å²) in [4.78, 5) is 21.8. The quantitative estimate of drug-likeness (QED) is 0.390. The third-order valence-electron chi connectivity index (χ3n) is 1.98. The molecule has 0 bridgehead atoms. The number of carbonyl (C=O) groups is 2. The first-order chi connectivity index (χ1) is 8.13. The van der Waals surface area contributed by atoms with Gasteiger partial charge in [-0.1, -0.05) is 25.7 Å². The van der Waals surface area contributed by atoms with Crippen LogP contribution < -0.4 is 0 Å². The van der Waals surface area contributed by atoms with Gasteiger partial charge in [0.05, 0.1) is 19.8 Å². The van der Waals surface area contributed by atoms with Crippen LogP contribution in [0.25, 0.3) is 0 Å². The second kappa shape index (κ2) is 9.45. The van der Waals surface area contributed by atoms with E-state index in [-0.39, 0.29) is 18.5 Å². The molecule has 0 saturated heterocycles. The van der Waals surface area contributed by atoms with Gasteiger partial charge >= 0.3 is 12.1 Å². The molecule has 0 rings (SSSR count). The van der Waals surface area contributed by atoms with Gasteiger partial charge in [-0.3, -0.25) is 4.79 Å². The van der Waals surface area contributed by atoms with Crippen molar-refractivity contribution in [3.8, 4) is 0 Å². The highest BCUT2D eigenvalue weighted by Gasteiger charge is 2.11. The lowest BCUT2D eigenvalue weighted by Crippen LogP contribution is -2.16. The van der Waals surface area contributed by atoms with E-state index in [0.717, 1.165) is 6.26 Å². The summed E-state index contributed by atoms with van der Waals surface area (Å²) in [7, 11) is 1.33. The Bertz CT molecular complexity index is 283. The number of methoxy groups -OCH3 is 1. The molecule has 0 N–H and O–H groups in total. The molecular weight excluding hydrogens is 224 g/mol. The maximum absolute atomic E-state index is 11.0. The third-order valence-corrected chi connectivity index (χ3v) is 1.98. The highest BCUT2D eigenvalue weighted by atomic mass is 16.7. The molecule has 0 aliphatic rings. The maximum Gasteiger partial charge on any atom is 0.513 e. The van der Waals surface area contributed by atoms with Gasteiger partial charge < -0.3 is 14.2 Å². The van der Waals surface area contributed by atoms with Crippen LogP contribution in [0.4, 0.5) is 4.79 Å². The van der Waals surface area contributed by atoms with Crippen LogP contribution in [-0.2, 0) is 19.0 Å². The van der Waals surface area contributed by atoms with Crippen molar-refractivity contribution in [3.05, 3.63) is 25.0 Å². The third kappa shape index (κ3) is 8.07. The van der Waals surface area contributed by atoms with E-state index in [1.807, 2.05) is 6.92 Å². The Morgan fingerprint density at radius 3 is 2.59 bits per heavy atom. The van der Waals surface area contributed by atoms with Gasteiger partial charge in [0.1, 0.15) is 6.10 Å². The largest absolute Gasteiger partial charge is 0.513 e. The molecule has 0 spiro atoms. The van der Waals surface area contributed by atoms with Crippen molar-refractivity contribution >= 4 is 12.1 Å². The average molecular weight is 242 g/mol. The molecule has 1 unspecified atom stereocenters. The van der Waals surface area contributed by atoms with Gasteiger partial charge in [-0.2, -0.15) is 0 Å². The predicted molar refractivity (Wildman–Crippen MR) is 62.2 cm³/mol. The Morgan fingerprint density at radius 1 is 1.35 bits per heavy atom. The standard InChI is InChI=1S/C12H18O5/c1-4-10(17-12(14)16-5-2)8-6-7-9-11(13)15-3/h5-7,10H,2,4,8-9H2,1,3H3/b7-6-. The van der Waals surface area contributed by atoms with Gasteiger partial charge in [0, 0.05) is 6.42 Å². The SMILES string of the molecule is C=COC(=O)OC(CC)C/C=C\CC(=O)OC. The van der Waals surface area contributed by atoms with Gasteiger partial charge in [-0.05, 0) is 6.42 Å². The van der Waals surface area contributed by atoms with E-state index in [4.69, 9.17) is 4.74 Å². The van der Waals surface area contributed by atoms with Crippen molar-refractivity contribution in [1.29, 1.82) is 0 Å².